The molecule has 3 rings (SSSR count). The van der Waals surface area contributed by atoms with Gasteiger partial charge in [0.1, 0.15) is 0 Å². The number of hydrogen-bond donors (Lipinski definition) is 2. The molecule has 6 nitrogen and oxygen atoms in total. The van der Waals surface area contributed by atoms with Crippen molar-refractivity contribution in [3.63, 3.8) is 0 Å². The summed E-state index contributed by atoms with van der Waals surface area (Å²) in [6.07, 6.45) is 0. The second-order valence-corrected chi connectivity index (χ2v) is 6.55. The maximum absolute atomic E-state index is 12.4. The average molecular weight is 364 g/mol. The summed E-state index contributed by atoms with van der Waals surface area (Å²) in [4.78, 5) is 17.5. The van der Waals surface area contributed by atoms with Gasteiger partial charge in [0.2, 0.25) is 5.88 Å². The molecule has 0 aliphatic rings. The number of aromatic hydroxyl groups is 1. The number of carbonyl (C=O) groups excluding carboxylic acids is 1. The van der Waals surface area contributed by atoms with E-state index in [1.165, 1.54) is 0 Å². The Morgan fingerprint density at radius 2 is 1.78 bits per heavy atom. The number of hydrogen-bond acceptors (Lipinski definition) is 4. The first-order chi connectivity index (χ1) is 12.9. The van der Waals surface area contributed by atoms with Crippen LogP contribution in [0.4, 0.5) is 11.4 Å². The summed E-state index contributed by atoms with van der Waals surface area (Å²) < 4.78 is 0. The fourth-order valence-corrected chi connectivity index (χ4v) is 3.28. The monoisotopic (exact) mass is 364 g/mol. The van der Waals surface area contributed by atoms with Crippen molar-refractivity contribution in [2.75, 3.05) is 18.0 Å². The van der Waals surface area contributed by atoms with E-state index in [9.17, 15) is 9.90 Å². The average Bonchev–Trinajstić information content (AvgIpc) is 2.97. The van der Waals surface area contributed by atoms with Crippen LogP contribution in [-0.4, -0.2) is 29.1 Å². The lowest BCUT2D eigenvalue weighted by Gasteiger charge is -2.20. The number of aryl methyl sites for hydroxylation is 2. The molecule has 1 heterocycles. The van der Waals surface area contributed by atoms with Gasteiger partial charge in [-0.25, -0.2) is 0 Å². The van der Waals surface area contributed by atoms with Crippen molar-refractivity contribution in [2.24, 2.45) is 10.2 Å². The van der Waals surface area contributed by atoms with E-state index < -0.39 is 5.91 Å². The number of carbonyl (C=O) groups is 1. The second-order valence-electron chi connectivity index (χ2n) is 6.55. The number of aromatic amines is 1. The van der Waals surface area contributed by atoms with Gasteiger partial charge in [0.25, 0.3) is 5.91 Å². The molecule has 2 N–H and O–H groups in total. The number of amides is 1. The van der Waals surface area contributed by atoms with Crippen molar-refractivity contribution < 1.29 is 9.90 Å². The van der Waals surface area contributed by atoms with E-state index in [0.29, 0.717) is 5.56 Å². The van der Waals surface area contributed by atoms with Crippen LogP contribution in [0.25, 0.3) is 10.9 Å². The third kappa shape index (κ3) is 3.69. The van der Waals surface area contributed by atoms with E-state index in [0.717, 1.165) is 40.8 Å². The minimum atomic E-state index is -0.445. The van der Waals surface area contributed by atoms with Crippen molar-refractivity contribution in [2.45, 2.75) is 27.7 Å². The molecule has 0 bridgehead atoms. The molecule has 0 saturated carbocycles. The van der Waals surface area contributed by atoms with Crippen molar-refractivity contribution in [1.29, 1.82) is 0 Å². The van der Waals surface area contributed by atoms with Gasteiger partial charge in [-0.05, 0) is 63.6 Å². The van der Waals surface area contributed by atoms with Gasteiger partial charge < -0.3 is 15.0 Å². The molecule has 1 amide bonds. The number of nitrogens with zero attached hydrogens (tertiary/aromatic N) is 3. The van der Waals surface area contributed by atoms with Gasteiger partial charge in [-0.1, -0.05) is 11.6 Å². The third-order valence-corrected chi connectivity index (χ3v) is 4.69. The molecule has 0 radical (unpaired) electrons. The number of fused-ring (bicyclic) bond motifs is 1. The topological polar surface area (TPSA) is 81.1 Å². The van der Waals surface area contributed by atoms with Gasteiger partial charge in [0.05, 0.1) is 5.52 Å². The first-order valence-corrected chi connectivity index (χ1v) is 9.07. The van der Waals surface area contributed by atoms with Gasteiger partial charge in [-0.2, -0.15) is 0 Å². The van der Waals surface area contributed by atoms with E-state index in [2.05, 4.69) is 34.0 Å². The van der Waals surface area contributed by atoms with Gasteiger partial charge >= 0.3 is 0 Å². The van der Waals surface area contributed by atoms with E-state index in [1.807, 2.05) is 38.1 Å². The van der Waals surface area contributed by atoms with E-state index in [-0.39, 0.29) is 11.6 Å². The van der Waals surface area contributed by atoms with Crippen molar-refractivity contribution in [1.82, 2.24) is 4.98 Å². The number of azo groups is 1. The molecule has 6 heteroatoms. The minimum absolute atomic E-state index is 0.0906. The van der Waals surface area contributed by atoms with Gasteiger partial charge in [-0.15, -0.1) is 10.2 Å². The van der Waals surface area contributed by atoms with Gasteiger partial charge in [-0.3, -0.25) is 4.79 Å². The maximum atomic E-state index is 12.4. The molecule has 0 atom stereocenters. The second kappa shape index (κ2) is 7.61. The molecular formula is C21H24N4O2. The SMILES string of the molecule is CCN(CC)c1ccc(C(=O)N=Nc2c(O)[nH]c3c(C)cc(C)cc23)cc1. The zero-order chi connectivity index (χ0) is 19.6. The fourth-order valence-electron chi connectivity index (χ4n) is 3.28. The molecular weight excluding hydrogens is 340 g/mol. The third-order valence-electron chi connectivity index (χ3n) is 4.69. The number of anilines is 1. The summed E-state index contributed by atoms with van der Waals surface area (Å²) in [6.45, 7) is 9.92. The summed E-state index contributed by atoms with van der Waals surface area (Å²) >= 11 is 0. The smallest absolute Gasteiger partial charge is 0.295 e. The van der Waals surface area contributed by atoms with Crippen molar-refractivity contribution in [3.8, 4) is 5.88 Å². The molecule has 1 aromatic heterocycles. The van der Waals surface area contributed by atoms with Gasteiger partial charge in [0.15, 0.2) is 5.69 Å². The highest BCUT2D eigenvalue weighted by atomic mass is 16.3. The lowest BCUT2D eigenvalue weighted by atomic mass is 10.1. The zero-order valence-corrected chi connectivity index (χ0v) is 16.1. The molecule has 0 aliphatic heterocycles. The largest absolute Gasteiger partial charge is 0.493 e. The Balaban J connectivity index is 1.87. The van der Waals surface area contributed by atoms with Crippen LogP contribution in [-0.2, 0) is 0 Å². The Morgan fingerprint density at radius 1 is 1.11 bits per heavy atom. The van der Waals surface area contributed by atoms with E-state index in [4.69, 9.17) is 0 Å². The number of benzene rings is 2. The molecule has 0 saturated heterocycles. The summed E-state index contributed by atoms with van der Waals surface area (Å²) in [5, 5.41) is 18.7. The maximum Gasteiger partial charge on any atom is 0.295 e. The van der Waals surface area contributed by atoms with Crippen LogP contribution in [0.1, 0.15) is 35.3 Å². The predicted octanol–water partition coefficient (Wildman–Crippen LogP) is 5.26. The Bertz CT molecular complexity index is 999. The Hall–Kier alpha value is -3.15. The molecule has 0 fully saturated rings. The highest BCUT2D eigenvalue weighted by Crippen LogP contribution is 2.37. The van der Waals surface area contributed by atoms with E-state index in [1.54, 1.807) is 12.1 Å². The van der Waals surface area contributed by atoms with Crippen LogP contribution < -0.4 is 4.90 Å². The van der Waals surface area contributed by atoms with Crippen LogP contribution in [0.2, 0.25) is 0 Å². The highest BCUT2D eigenvalue weighted by molar-refractivity contribution is 5.98. The summed E-state index contributed by atoms with van der Waals surface area (Å²) in [5.74, 6) is -0.536. The van der Waals surface area contributed by atoms with Crippen LogP contribution in [0, 0.1) is 13.8 Å². The predicted molar refractivity (Wildman–Crippen MR) is 108 cm³/mol. The summed E-state index contributed by atoms with van der Waals surface area (Å²) in [7, 11) is 0. The summed E-state index contributed by atoms with van der Waals surface area (Å²) in [6, 6.07) is 11.2. The van der Waals surface area contributed by atoms with Crippen LogP contribution >= 0.6 is 0 Å². The van der Waals surface area contributed by atoms with Crippen LogP contribution in [0.15, 0.2) is 46.6 Å². The summed E-state index contributed by atoms with van der Waals surface area (Å²) in [5.41, 5.74) is 4.65. The molecule has 2 aromatic carbocycles. The van der Waals surface area contributed by atoms with Gasteiger partial charge in [0, 0.05) is 29.7 Å². The molecule has 0 spiro atoms. The highest BCUT2D eigenvalue weighted by Gasteiger charge is 2.14. The number of H-pyrrole nitrogens is 1. The van der Waals surface area contributed by atoms with Crippen LogP contribution in [0.5, 0.6) is 5.88 Å². The molecule has 0 aliphatic carbocycles. The Kier molecular flexibility index (Phi) is 5.26. The van der Waals surface area contributed by atoms with E-state index >= 15 is 0 Å². The van der Waals surface area contributed by atoms with Crippen LogP contribution in [0.3, 0.4) is 0 Å². The lowest BCUT2D eigenvalue weighted by Crippen LogP contribution is -2.21. The first kappa shape index (κ1) is 18.6. The molecule has 0 unspecified atom stereocenters. The number of nitrogens with one attached hydrogen (secondary N) is 1. The van der Waals surface area contributed by atoms with Crippen molar-refractivity contribution >= 4 is 28.2 Å². The van der Waals surface area contributed by atoms with Crippen molar-refractivity contribution in [3.05, 3.63) is 53.1 Å². The quantitative estimate of drug-likeness (QED) is 0.606. The minimum Gasteiger partial charge on any atom is -0.493 e. The molecule has 27 heavy (non-hydrogen) atoms. The first-order valence-electron chi connectivity index (χ1n) is 9.07. The Morgan fingerprint density at radius 3 is 2.41 bits per heavy atom. The number of aromatic nitrogens is 1. The lowest BCUT2D eigenvalue weighted by molar-refractivity contribution is 0.0995. The normalized spacial score (nSPS) is 11.4. The Labute approximate surface area is 158 Å². The zero-order valence-electron chi connectivity index (χ0n) is 16.1. The standard InChI is InChI=1S/C21H24N4O2/c1-5-25(6-2)16-9-7-15(8-10-16)20(26)24-23-19-17-12-13(3)11-14(4)18(17)22-21(19)27/h7-12,22,27H,5-6H2,1-4H3. The number of rotatable bonds is 5. The molecule has 140 valence electrons. The molecule has 3 aromatic rings. The fraction of sp³-hybridized carbons (Fsp3) is 0.286.